The Hall–Kier alpha value is -1.85. The molecule has 128 valence electrons. The third kappa shape index (κ3) is 5.65. The predicted molar refractivity (Wildman–Crippen MR) is 102 cm³/mol. The number of likely N-dealkylation sites (N-methyl/N-ethyl adjacent to an activating group) is 1. The molecule has 0 radical (unpaired) electrons. The van der Waals surface area contributed by atoms with Crippen molar-refractivity contribution in [1.82, 2.24) is 4.90 Å². The van der Waals surface area contributed by atoms with Crippen LogP contribution in [0.15, 0.2) is 46.9 Å². The number of anilines is 1. The van der Waals surface area contributed by atoms with Gasteiger partial charge in [-0.1, -0.05) is 34.1 Å². The standard InChI is InChI=1S/C19H23BrN2O2/c1-14-6-4-9-18(15(14)2)21-19(23)13-22(3)10-11-24-17-8-5-7-16(20)12-17/h4-9,12H,10-11,13H2,1-3H3,(H,21,23). The molecule has 2 rings (SSSR count). The second-order valence-electron chi connectivity index (χ2n) is 5.84. The van der Waals surface area contributed by atoms with Gasteiger partial charge in [-0.3, -0.25) is 9.69 Å². The largest absolute Gasteiger partial charge is 0.492 e. The Bertz CT molecular complexity index is 704. The monoisotopic (exact) mass is 390 g/mol. The summed E-state index contributed by atoms with van der Waals surface area (Å²) in [6.45, 7) is 5.59. The van der Waals surface area contributed by atoms with Crippen LogP contribution in [0.5, 0.6) is 5.75 Å². The fourth-order valence-corrected chi connectivity index (χ4v) is 2.65. The topological polar surface area (TPSA) is 41.6 Å². The molecule has 0 aliphatic carbocycles. The lowest BCUT2D eigenvalue weighted by atomic mass is 10.1. The fourth-order valence-electron chi connectivity index (χ4n) is 2.28. The van der Waals surface area contributed by atoms with Gasteiger partial charge in [0.15, 0.2) is 0 Å². The highest BCUT2D eigenvalue weighted by Gasteiger charge is 2.09. The van der Waals surface area contributed by atoms with E-state index in [4.69, 9.17) is 4.74 Å². The van der Waals surface area contributed by atoms with E-state index in [1.807, 2.05) is 68.3 Å². The lowest BCUT2D eigenvalue weighted by Gasteiger charge is -2.17. The lowest BCUT2D eigenvalue weighted by molar-refractivity contribution is -0.117. The first-order chi connectivity index (χ1) is 11.5. The van der Waals surface area contributed by atoms with Gasteiger partial charge in [0.1, 0.15) is 12.4 Å². The van der Waals surface area contributed by atoms with E-state index in [9.17, 15) is 4.79 Å². The Kier molecular flexibility index (Phi) is 6.82. The van der Waals surface area contributed by atoms with E-state index in [0.717, 1.165) is 21.5 Å². The molecule has 24 heavy (non-hydrogen) atoms. The fraction of sp³-hybridized carbons (Fsp3) is 0.316. The van der Waals surface area contributed by atoms with Gasteiger partial charge in [0.2, 0.25) is 5.91 Å². The van der Waals surface area contributed by atoms with Crippen molar-refractivity contribution in [3.63, 3.8) is 0 Å². The average Bonchev–Trinajstić information content (AvgIpc) is 2.52. The number of aryl methyl sites for hydroxylation is 1. The zero-order valence-electron chi connectivity index (χ0n) is 14.3. The maximum atomic E-state index is 12.2. The number of amides is 1. The van der Waals surface area contributed by atoms with Crippen LogP contribution in [-0.2, 0) is 4.79 Å². The number of hydrogen-bond acceptors (Lipinski definition) is 3. The Morgan fingerprint density at radius 1 is 1.21 bits per heavy atom. The van der Waals surface area contributed by atoms with Crippen molar-refractivity contribution in [2.45, 2.75) is 13.8 Å². The smallest absolute Gasteiger partial charge is 0.238 e. The Morgan fingerprint density at radius 3 is 2.71 bits per heavy atom. The molecule has 1 amide bonds. The second-order valence-corrected chi connectivity index (χ2v) is 6.75. The number of rotatable bonds is 7. The molecule has 4 nitrogen and oxygen atoms in total. The van der Waals surface area contributed by atoms with Gasteiger partial charge >= 0.3 is 0 Å². The van der Waals surface area contributed by atoms with Gasteiger partial charge in [0, 0.05) is 16.7 Å². The molecule has 5 heteroatoms. The van der Waals surface area contributed by atoms with Crippen LogP contribution < -0.4 is 10.1 Å². The average molecular weight is 391 g/mol. The first-order valence-corrected chi connectivity index (χ1v) is 8.68. The molecule has 0 fully saturated rings. The van der Waals surface area contributed by atoms with Crippen molar-refractivity contribution in [3.05, 3.63) is 58.1 Å². The number of nitrogens with zero attached hydrogens (tertiary/aromatic N) is 1. The zero-order chi connectivity index (χ0) is 17.5. The van der Waals surface area contributed by atoms with E-state index in [-0.39, 0.29) is 5.91 Å². The maximum absolute atomic E-state index is 12.2. The number of benzene rings is 2. The van der Waals surface area contributed by atoms with Crippen molar-refractivity contribution >= 4 is 27.5 Å². The van der Waals surface area contributed by atoms with Gasteiger partial charge in [-0.05, 0) is 56.3 Å². The minimum absolute atomic E-state index is 0.0198. The molecule has 1 N–H and O–H groups in total. The summed E-state index contributed by atoms with van der Waals surface area (Å²) in [5.41, 5.74) is 3.15. The van der Waals surface area contributed by atoms with Gasteiger partial charge in [-0.2, -0.15) is 0 Å². The summed E-state index contributed by atoms with van der Waals surface area (Å²) in [7, 11) is 1.91. The van der Waals surface area contributed by atoms with Gasteiger partial charge < -0.3 is 10.1 Å². The molecule has 0 aliphatic heterocycles. The van der Waals surface area contributed by atoms with E-state index in [1.165, 1.54) is 5.56 Å². The second kappa shape index (κ2) is 8.85. The first-order valence-electron chi connectivity index (χ1n) is 7.88. The molecule has 0 aromatic heterocycles. The quantitative estimate of drug-likeness (QED) is 0.776. The third-order valence-corrected chi connectivity index (χ3v) is 4.32. The summed E-state index contributed by atoms with van der Waals surface area (Å²) in [6, 6.07) is 13.6. The van der Waals surface area contributed by atoms with Crippen LogP contribution in [0, 0.1) is 13.8 Å². The van der Waals surface area contributed by atoms with E-state index < -0.39 is 0 Å². The first kappa shape index (κ1) is 18.5. The van der Waals surface area contributed by atoms with E-state index in [2.05, 4.69) is 21.2 Å². The lowest BCUT2D eigenvalue weighted by Crippen LogP contribution is -2.33. The molecule has 0 atom stereocenters. The van der Waals surface area contributed by atoms with Crippen molar-refractivity contribution in [3.8, 4) is 5.75 Å². The van der Waals surface area contributed by atoms with Crippen LogP contribution in [-0.4, -0.2) is 37.6 Å². The summed E-state index contributed by atoms with van der Waals surface area (Å²) < 4.78 is 6.68. The SMILES string of the molecule is Cc1cccc(NC(=O)CN(C)CCOc2cccc(Br)c2)c1C. The molecule has 0 saturated heterocycles. The molecular formula is C19H23BrN2O2. The molecule has 0 aliphatic rings. The molecule has 0 spiro atoms. The highest BCUT2D eigenvalue weighted by molar-refractivity contribution is 9.10. The summed E-state index contributed by atoms with van der Waals surface area (Å²) in [5, 5.41) is 2.97. The number of halogens is 1. The molecular weight excluding hydrogens is 368 g/mol. The molecule has 0 bridgehead atoms. The van der Waals surface area contributed by atoms with Crippen molar-refractivity contribution in [2.75, 3.05) is 32.1 Å². The summed E-state index contributed by atoms with van der Waals surface area (Å²) >= 11 is 3.41. The van der Waals surface area contributed by atoms with Gasteiger partial charge in [0.05, 0.1) is 6.54 Å². The van der Waals surface area contributed by atoms with Crippen LogP contribution in [0.3, 0.4) is 0 Å². The highest BCUT2D eigenvalue weighted by atomic mass is 79.9. The predicted octanol–water partition coefficient (Wildman–Crippen LogP) is 4.02. The van der Waals surface area contributed by atoms with E-state index in [1.54, 1.807) is 0 Å². The van der Waals surface area contributed by atoms with Crippen molar-refractivity contribution in [2.24, 2.45) is 0 Å². The molecule has 2 aromatic rings. The van der Waals surface area contributed by atoms with Crippen LogP contribution in [0.2, 0.25) is 0 Å². The number of nitrogens with one attached hydrogen (secondary N) is 1. The Morgan fingerprint density at radius 2 is 1.96 bits per heavy atom. The van der Waals surface area contributed by atoms with Gasteiger partial charge in [-0.25, -0.2) is 0 Å². The Labute approximate surface area is 151 Å². The molecule has 0 heterocycles. The van der Waals surface area contributed by atoms with Crippen LogP contribution >= 0.6 is 15.9 Å². The van der Waals surface area contributed by atoms with Gasteiger partial charge in [-0.15, -0.1) is 0 Å². The summed E-state index contributed by atoms with van der Waals surface area (Å²) in [5.74, 6) is 0.797. The molecule has 0 saturated carbocycles. The molecule has 0 unspecified atom stereocenters. The van der Waals surface area contributed by atoms with Crippen molar-refractivity contribution < 1.29 is 9.53 Å². The van der Waals surface area contributed by atoms with Crippen molar-refractivity contribution in [1.29, 1.82) is 0 Å². The van der Waals surface area contributed by atoms with E-state index >= 15 is 0 Å². The molecule has 2 aromatic carbocycles. The minimum atomic E-state index is -0.0198. The number of hydrogen-bond donors (Lipinski definition) is 1. The summed E-state index contributed by atoms with van der Waals surface area (Å²) in [6.07, 6.45) is 0. The number of carbonyl (C=O) groups excluding carboxylic acids is 1. The highest BCUT2D eigenvalue weighted by Crippen LogP contribution is 2.18. The maximum Gasteiger partial charge on any atom is 0.238 e. The third-order valence-electron chi connectivity index (χ3n) is 3.83. The Balaban J connectivity index is 1.76. The number of carbonyl (C=O) groups is 1. The zero-order valence-corrected chi connectivity index (χ0v) is 15.9. The van der Waals surface area contributed by atoms with Crippen LogP contribution in [0.4, 0.5) is 5.69 Å². The summed E-state index contributed by atoms with van der Waals surface area (Å²) in [4.78, 5) is 14.1. The van der Waals surface area contributed by atoms with Gasteiger partial charge in [0.25, 0.3) is 0 Å². The van der Waals surface area contributed by atoms with E-state index in [0.29, 0.717) is 19.7 Å². The minimum Gasteiger partial charge on any atom is -0.492 e. The van der Waals surface area contributed by atoms with Crippen LogP contribution in [0.25, 0.3) is 0 Å². The normalized spacial score (nSPS) is 10.7. The number of ether oxygens (including phenoxy) is 1. The van der Waals surface area contributed by atoms with Crippen LogP contribution in [0.1, 0.15) is 11.1 Å².